The Kier molecular flexibility index (Phi) is 4.79. The number of phenolic OH excluding ortho intramolecular Hbond substituents is 1. The Labute approximate surface area is 146 Å². The number of nitrogens with zero attached hydrogens (tertiary/aromatic N) is 2. The van der Waals surface area contributed by atoms with Crippen molar-refractivity contribution in [1.82, 2.24) is 9.80 Å². The highest BCUT2D eigenvalue weighted by atomic mass is 16.3. The molecule has 3 rings (SSSR count). The van der Waals surface area contributed by atoms with E-state index in [1.54, 1.807) is 28.0 Å². The quantitative estimate of drug-likeness (QED) is 0.910. The fourth-order valence-corrected chi connectivity index (χ4v) is 3.05. The number of furan rings is 1. The molecule has 1 saturated heterocycles. The third-order valence-electron chi connectivity index (χ3n) is 4.51. The first-order valence-electron chi connectivity index (χ1n) is 8.39. The second-order valence-electron chi connectivity index (χ2n) is 6.39. The summed E-state index contributed by atoms with van der Waals surface area (Å²) < 4.78 is 5.29. The summed E-state index contributed by atoms with van der Waals surface area (Å²) in [7, 11) is 0. The van der Waals surface area contributed by atoms with E-state index in [2.05, 4.69) is 0 Å². The Morgan fingerprint density at radius 2 is 1.68 bits per heavy atom. The highest BCUT2D eigenvalue weighted by Gasteiger charge is 2.26. The van der Waals surface area contributed by atoms with Gasteiger partial charge < -0.3 is 19.3 Å². The Hall–Kier alpha value is -2.76. The Balaban J connectivity index is 1.71. The van der Waals surface area contributed by atoms with Crippen molar-refractivity contribution in [2.24, 2.45) is 0 Å². The molecule has 6 heteroatoms. The zero-order valence-electron chi connectivity index (χ0n) is 14.5. The van der Waals surface area contributed by atoms with Gasteiger partial charge in [-0.05, 0) is 38.5 Å². The van der Waals surface area contributed by atoms with Crippen LogP contribution in [0.3, 0.4) is 0 Å². The number of hydrogen-bond donors (Lipinski definition) is 1. The van der Waals surface area contributed by atoms with Crippen LogP contribution < -0.4 is 0 Å². The van der Waals surface area contributed by atoms with Gasteiger partial charge in [-0.25, -0.2) is 0 Å². The van der Waals surface area contributed by atoms with Gasteiger partial charge >= 0.3 is 0 Å². The monoisotopic (exact) mass is 342 g/mol. The van der Waals surface area contributed by atoms with Gasteiger partial charge in [-0.1, -0.05) is 11.6 Å². The van der Waals surface area contributed by atoms with Crippen LogP contribution in [0.2, 0.25) is 0 Å². The fourth-order valence-electron chi connectivity index (χ4n) is 3.05. The maximum atomic E-state index is 12.7. The molecule has 0 spiro atoms. The van der Waals surface area contributed by atoms with Crippen LogP contribution in [0.25, 0.3) is 0 Å². The molecule has 2 heterocycles. The molecule has 2 aromatic rings. The number of carbonyl (C=O) groups is 2. The molecule has 132 valence electrons. The van der Waals surface area contributed by atoms with Crippen molar-refractivity contribution in [3.05, 3.63) is 53.0 Å². The maximum absolute atomic E-state index is 12.7. The highest BCUT2D eigenvalue weighted by Crippen LogP contribution is 2.21. The number of benzene rings is 1. The SMILES string of the molecule is Cc1ccc(O)c(C(=O)N2CCCN(C(=O)c3occc3C)CC2)c1. The largest absolute Gasteiger partial charge is 0.507 e. The summed E-state index contributed by atoms with van der Waals surface area (Å²) in [5.41, 5.74) is 2.04. The lowest BCUT2D eigenvalue weighted by atomic mass is 10.1. The molecule has 1 N–H and O–H groups in total. The lowest BCUT2D eigenvalue weighted by Crippen LogP contribution is -2.37. The summed E-state index contributed by atoms with van der Waals surface area (Å²) in [4.78, 5) is 28.7. The van der Waals surface area contributed by atoms with E-state index >= 15 is 0 Å². The van der Waals surface area contributed by atoms with Crippen LogP contribution in [0.1, 0.15) is 38.5 Å². The summed E-state index contributed by atoms with van der Waals surface area (Å²) in [5.74, 6) is -0.00465. The minimum absolute atomic E-state index is 0.0148. The predicted octanol–water partition coefficient (Wildman–Crippen LogP) is 2.59. The number of carbonyl (C=O) groups excluding carboxylic acids is 2. The molecule has 1 aliphatic heterocycles. The molecule has 2 amide bonds. The first-order chi connectivity index (χ1) is 12.0. The lowest BCUT2D eigenvalue weighted by Gasteiger charge is -2.22. The van der Waals surface area contributed by atoms with Crippen LogP contribution in [0.4, 0.5) is 0 Å². The van der Waals surface area contributed by atoms with Crippen LogP contribution in [0.15, 0.2) is 34.9 Å². The zero-order chi connectivity index (χ0) is 18.0. The van der Waals surface area contributed by atoms with Gasteiger partial charge in [0.2, 0.25) is 0 Å². The van der Waals surface area contributed by atoms with Crippen LogP contribution >= 0.6 is 0 Å². The van der Waals surface area contributed by atoms with Crippen molar-refractivity contribution in [2.75, 3.05) is 26.2 Å². The molecule has 0 aliphatic carbocycles. The third kappa shape index (κ3) is 3.52. The molecule has 0 bridgehead atoms. The van der Waals surface area contributed by atoms with Gasteiger partial charge in [0.1, 0.15) is 5.75 Å². The first-order valence-corrected chi connectivity index (χ1v) is 8.39. The molecule has 1 fully saturated rings. The van der Waals surface area contributed by atoms with E-state index in [0.29, 0.717) is 43.9 Å². The molecule has 0 saturated carbocycles. The Morgan fingerprint density at radius 1 is 1.00 bits per heavy atom. The average molecular weight is 342 g/mol. The zero-order valence-corrected chi connectivity index (χ0v) is 14.5. The number of aryl methyl sites for hydroxylation is 2. The van der Waals surface area contributed by atoms with E-state index in [1.807, 2.05) is 13.8 Å². The maximum Gasteiger partial charge on any atom is 0.289 e. The molecule has 25 heavy (non-hydrogen) atoms. The molecule has 6 nitrogen and oxygen atoms in total. The van der Waals surface area contributed by atoms with Gasteiger partial charge in [0.15, 0.2) is 5.76 Å². The summed E-state index contributed by atoms with van der Waals surface area (Å²) in [6.45, 7) is 5.71. The molecule has 1 aliphatic rings. The van der Waals surface area contributed by atoms with Crippen LogP contribution in [0, 0.1) is 13.8 Å². The second-order valence-corrected chi connectivity index (χ2v) is 6.39. The highest BCUT2D eigenvalue weighted by molar-refractivity contribution is 5.97. The molecular formula is C19H22N2O4. The van der Waals surface area contributed by atoms with Gasteiger partial charge in [-0.15, -0.1) is 0 Å². The molecule has 1 aromatic carbocycles. The van der Waals surface area contributed by atoms with Crippen molar-refractivity contribution in [3.63, 3.8) is 0 Å². The average Bonchev–Trinajstić information content (AvgIpc) is 2.88. The minimum Gasteiger partial charge on any atom is -0.507 e. The van der Waals surface area contributed by atoms with Gasteiger partial charge in [-0.3, -0.25) is 9.59 Å². The van der Waals surface area contributed by atoms with E-state index < -0.39 is 0 Å². The molecule has 1 aromatic heterocycles. The summed E-state index contributed by atoms with van der Waals surface area (Å²) in [6, 6.07) is 6.76. The normalized spacial score (nSPS) is 15.1. The predicted molar refractivity (Wildman–Crippen MR) is 92.7 cm³/mol. The Morgan fingerprint density at radius 3 is 2.32 bits per heavy atom. The van der Waals surface area contributed by atoms with Crippen molar-refractivity contribution in [2.45, 2.75) is 20.3 Å². The van der Waals surface area contributed by atoms with Gasteiger partial charge in [0.05, 0.1) is 11.8 Å². The van der Waals surface area contributed by atoms with Crippen molar-refractivity contribution in [3.8, 4) is 5.75 Å². The molecule has 0 atom stereocenters. The van der Waals surface area contributed by atoms with E-state index in [1.165, 1.54) is 12.3 Å². The van der Waals surface area contributed by atoms with E-state index in [4.69, 9.17) is 4.42 Å². The third-order valence-corrected chi connectivity index (χ3v) is 4.51. The molecule has 0 radical (unpaired) electrons. The summed E-state index contributed by atoms with van der Waals surface area (Å²) in [5, 5.41) is 9.98. The van der Waals surface area contributed by atoms with Crippen molar-refractivity contribution < 1.29 is 19.1 Å². The van der Waals surface area contributed by atoms with Gasteiger partial charge in [0.25, 0.3) is 11.8 Å². The fraction of sp³-hybridized carbons (Fsp3) is 0.368. The van der Waals surface area contributed by atoms with Crippen LogP contribution in [-0.4, -0.2) is 52.9 Å². The molecular weight excluding hydrogens is 320 g/mol. The number of hydrogen-bond acceptors (Lipinski definition) is 4. The minimum atomic E-state index is -0.204. The van der Waals surface area contributed by atoms with Crippen molar-refractivity contribution >= 4 is 11.8 Å². The smallest absolute Gasteiger partial charge is 0.289 e. The number of phenols is 1. The number of rotatable bonds is 2. The summed E-state index contributed by atoms with van der Waals surface area (Å²) >= 11 is 0. The first kappa shape index (κ1) is 17.1. The van der Waals surface area contributed by atoms with Crippen molar-refractivity contribution in [1.29, 1.82) is 0 Å². The van der Waals surface area contributed by atoms with E-state index in [9.17, 15) is 14.7 Å². The molecule has 0 unspecified atom stereocenters. The number of aromatic hydroxyl groups is 1. The van der Waals surface area contributed by atoms with Gasteiger partial charge in [0, 0.05) is 31.7 Å². The van der Waals surface area contributed by atoms with Crippen LogP contribution in [0.5, 0.6) is 5.75 Å². The second kappa shape index (κ2) is 7.01. The lowest BCUT2D eigenvalue weighted by molar-refractivity contribution is 0.0698. The van der Waals surface area contributed by atoms with E-state index in [0.717, 1.165) is 11.1 Å². The van der Waals surface area contributed by atoms with E-state index in [-0.39, 0.29) is 17.6 Å². The van der Waals surface area contributed by atoms with Gasteiger partial charge in [-0.2, -0.15) is 0 Å². The number of amides is 2. The topological polar surface area (TPSA) is 74.0 Å². The van der Waals surface area contributed by atoms with Crippen LogP contribution in [-0.2, 0) is 0 Å². The Bertz CT molecular complexity index is 796. The standard InChI is InChI=1S/C19H22N2O4/c1-13-4-5-16(22)15(12-13)18(23)20-7-3-8-21(10-9-20)19(24)17-14(2)6-11-25-17/h4-6,11-12,22H,3,7-10H2,1-2H3. The summed E-state index contributed by atoms with van der Waals surface area (Å²) in [6.07, 6.45) is 2.19.